The van der Waals surface area contributed by atoms with E-state index in [0.29, 0.717) is 0 Å². The Morgan fingerprint density at radius 2 is 0.887 bits per heavy atom. The minimum Gasteiger partial charge on any atom is -0.496 e. The highest BCUT2D eigenvalue weighted by atomic mass is 16.5. The van der Waals surface area contributed by atoms with Crippen LogP contribution in [0.25, 0.3) is 93.8 Å². The summed E-state index contributed by atoms with van der Waals surface area (Å²) in [7, 11) is 1.72. The molecule has 0 aliphatic carbocycles. The van der Waals surface area contributed by atoms with Gasteiger partial charge in [-0.1, -0.05) is 158 Å². The van der Waals surface area contributed by atoms with Gasteiger partial charge in [-0.25, -0.2) is 4.98 Å². The Bertz CT molecular complexity index is 2910. The van der Waals surface area contributed by atoms with Crippen molar-refractivity contribution in [3.05, 3.63) is 188 Å². The van der Waals surface area contributed by atoms with Crippen LogP contribution in [0, 0.1) is 0 Å². The number of aromatic nitrogens is 2. The lowest BCUT2D eigenvalue weighted by Crippen LogP contribution is -2.00. The maximum absolute atomic E-state index is 5.91. The summed E-state index contributed by atoms with van der Waals surface area (Å²) in [5.74, 6) is 1.62. The van der Waals surface area contributed by atoms with Gasteiger partial charge in [-0.2, -0.15) is 0 Å². The number of rotatable bonds is 6. The predicted octanol–water partition coefficient (Wildman–Crippen LogP) is 13.2. The number of ether oxygens (including phenoxy) is 1. The first-order chi connectivity index (χ1) is 26.3. The topological polar surface area (TPSA) is 27.1 Å². The first kappa shape index (κ1) is 30.8. The van der Waals surface area contributed by atoms with Crippen LogP contribution in [0.4, 0.5) is 0 Å². The van der Waals surface area contributed by atoms with Crippen molar-refractivity contribution < 1.29 is 4.74 Å². The summed E-state index contributed by atoms with van der Waals surface area (Å²) in [4.78, 5) is 5.39. The molecule has 0 radical (unpaired) electrons. The van der Waals surface area contributed by atoms with E-state index in [2.05, 4.69) is 174 Å². The fraction of sp³-hybridized carbons (Fsp3) is 0.0200. The second-order valence-corrected chi connectivity index (χ2v) is 13.4. The molecule has 0 bridgehead atoms. The lowest BCUT2D eigenvalue weighted by Gasteiger charge is -2.18. The van der Waals surface area contributed by atoms with E-state index in [1.54, 1.807) is 7.11 Å². The van der Waals surface area contributed by atoms with Crippen molar-refractivity contribution in [2.24, 2.45) is 0 Å². The number of fused-ring (bicyclic) bond motifs is 5. The first-order valence-corrected chi connectivity index (χ1v) is 18.0. The molecule has 0 spiro atoms. The second kappa shape index (κ2) is 12.7. The average Bonchev–Trinajstić information content (AvgIpc) is 3.63. The third-order valence-corrected chi connectivity index (χ3v) is 10.5. The van der Waals surface area contributed by atoms with Gasteiger partial charge in [0.2, 0.25) is 0 Å². The largest absolute Gasteiger partial charge is 0.496 e. The van der Waals surface area contributed by atoms with Crippen LogP contribution in [0.5, 0.6) is 5.75 Å². The lowest BCUT2D eigenvalue weighted by molar-refractivity contribution is 0.416. The summed E-state index contributed by atoms with van der Waals surface area (Å²) in [5.41, 5.74) is 11.2. The van der Waals surface area contributed by atoms with Crippen LogP contribution >= 0.6 is 0 Å². The molecule has 0 atom stereocenters. The van der Waals surface area contributed by atoms with Crippen LogP contribution in [0.15, 0.2) is 188 Å². The average molecular weight is 679 g/mol. The van der Waals surface area contributed by atoms with Crippen molar-refractivity contribution in [2.45, 2.75) is 0 Å². The van der Waals surface area contributed by atoms with E-state index in [4.69, 9.17) is 9.72 Å². The molecule has 0 fully saturated rings. The fourth-order valence-electron chi connectivity index (χ4n) is 8.19. The van der Waals surface area contributed by atoms with E-state index in [9.17, 15) is 0 Å². The molecule has 0 N–H and O–H groups in total. The van der Waals surface area contributed by atoms with Gasteiger partial charge in [-0.3, -0.25) is 4.57 Å². The Kier molecular flexibility index (Phi) is 7.36. The van der Waals surface area contributed by atoms with Gasteiger partial charge in [0.25, 0.3) is 0 Å². The minimum atomic E-state index is 0.782. The molecule has 9 aromatic carbocycles. The molecule has 0 aliphatic heterocycles. The molecule has 0 saturated heterocycles. The van der Waals surface area contributed by atoms with Gasteiger partial charge >= 0.3 is 0 Å². The molecule has 0 aliphatic rings. The molecule has 10 rings (SSSR count). The monoisotopic (exact) mass is 678 g/mol. The van der Waals surface area contributed by atoms with E-state index >= 15 is 0 Å². The molecule has 0 saturated carbocycles. The van der Waals surface area contributed by atoms with Crippen molar-refractivity contribution in [1.29, 1.82) is 0 Å². The number of para-hydroxylation sites is 1. The molecule has 250 valence electrons. The number of imidazole rings is 1. The summed E-state index contributed by atoms with van der Waals surface area (Å²) >= 11 is 0. The van der Waals surface area contributed by atoms with E-state index in [1.807, 2.05) is 18.2 Å². The molecule has 10 aromatic rings. The summed E-state index contributed by atoms with van der Waals surface area (Å²) in [6.07, 6.45) is 0. The summed E-state index contributed by atoms with van der Waals surface area (Å²) in [5, 5.41) is 7.30. The molecule has 3 nitrogen and oxygen atoms in total. The zero-order chi connectivity index (χ0) is 35.3. The van der Waals surface area contributed by atoms with Gasteiger partial charge in [0, 0.05) is 11.1 Å². The Hall–Kier alpha value is -6.97. The molecule has 3 heteroatoms. The zero-order valence-electron chi connectivity index (χ0n) is 29.2. The molecule has 1 heterocycles. The molecule has 0 unspecified atom stereocenters. The fourth-order valence-corrected chi connectivity index (χ4v) is 8.19. The highest BCUT2D eigenvalue weighted by Crippen LogP contribution is 2.45. The Labute approximate surface area is 308 Å². The van der Waals surface area contributed by atoms with Crippen LogP contribution in [-0.4, -0.2) is 16.7 Å². The van der Waals surface area contributed by atoms with Crippen molar-refractivity contribution in [3.8, 4) is 56.2 Å². The molecule has 0 amide bonds. The summed E-state index contributed by atoms with van der Waals surface area (Å²) < 4.78 is 8.22. The number of hydrogen-bond donors (Lipinski definition) is 0. The predicted molar refractivity (Wildman–Crippen MR) is 222 cm³/mol. The van der Waals surface area contributed by atoms with Crippen molar-refractivity contribution in [2.75, 3.05) is 7.11 Å². The van der Waals surface area contributed by atoms with Crippen LogP contribution in [0.2, 0.25) is 0 Å². The Balaban J connectivity index is 1.23. The Morgan fingerprint density at radius 3 is 1.47 bits per heavy atom. The van der Waals surface area contributed by atoms with Gasteiger partial charge in [0.05, 0.1) is 23.7 Å². The maximum Gasteiger partial charge on any atom is 0.149 e. The normalized spacial score (nSPS) is 11.5. The van der Waals surface area contributed by atoms with Gasteiger partial charge in [-0.15, -0.1) is 0 Å². The molecule has 53 heavy (non-hydrogen) atoms. The number of nitrogens with zero attached hydrogens (tertiary/aromatic N) is 2. The standard InChI is InChI=1S/C50H34N2O/c1-53-46-27-15-14-26-43(46)50-51-45-32-44(33-16-4-2-5-17-33)37-20-8-13-25-42(37)49(45)52(50)36-30-28-35(29-31-36)48-40-23-11-9-21-38(40)47(34-18-6-3-7-19-34)39-22-10-12-24-41(39)48/h2-32H,1H3. The van der Waals surface area contributed by atoms with Crippen LogP contribution < -0.4 is 4.74 Å². The third-order valence-electron chi connectivity index (χ3n) is 10.5. The van der Waals surface area contributed by atoms with Gasteiger partial charge in [-0.05, 0) is 90.6 Å². The van der Waals surface area contributed by atoms with Crippen molar-refractivity contribution in [1.82, 2.24) is 9.55 Å². The van der Waals surface area contributed by atoms with E-state index in [1.165, 1.54) is 54.7 Å². The quantitative estimate of drug-likeness (QED) is 0.164. The Morgan fingerprint density at radius 1 is 0.415 bits per heavy atom. The highest BCUT2D eigenvalue weighted by molar-refractivity contribution is 6.21. The smallest absolute Gasteiger partial charge is 0.149 e. The zero-order valence-corrected chi connectivity index (χ0v) is 29.2. The first-order valence-electron chi connectivity index (χ1n) is 18.0. The van der Waals surface area contributed by atoms with Gasteiger partial charge in [0.15, 0.2) is 0 Å². The van der Waals surface area contributed by atoms with E-state index in [0.717, 1.165) is 44.8 Å². The third kappa shape index (κ3) is 5.01. The maximum atomic E-state index is 5.91. The van der Waals surface area contributed by atoms with Gasteiger partial charge in [0.1, 0.15) is 11.6 Å². The highest BCUT2D eigenvalue weighted by Gasteiger charge is 2.22. The minimum absolute atomic E-state index is 0.782. The van der Waals surface area contributed by atoms with Crippen molar-refractivity contribution in [3.63, 3.8) is 0 Å². The summed E-state index contributed by atoms with van der Waals surface area (Å²) in [6.45, 7) is 0. The van der Waals surface area contributed by atoms with E-state index in [-0.39, 0.29) is 0 Å². The second-order valence-electron chi connectivity index (χ2n) is 13.4. The van der Waals surface area contributed by atoms with E-state index < -0.39 is 0 Å². The summed E-state index contributed by atoms with van der Waals surface area (Å²) in [6, 6.07) is 67.1. The molecular weight excluding hydrogens is 645 g/mol. The van der Waals surface area contributed by atoms with Crippen LogP contribution in [-0.2, 0) is 0 Å². The SMILES string of the molecule is COc1ccccc1-c1nc2cc(-c3ccccc3)c3ccccc3c2n1-c1ccc(-c2c3ccccc3c(-c3ccccc3)c3ccccc23)cc1. The lowest BCUT2D eigenvalue weighted by atomic mass is 9.86. The molecular formula is C50H34N2O. The van der Waals surface area contributed by atoms with Crippen molar-refractivity contribution >= 4 is 43.4 Å². The number of hydrogen-bond acceptors (Lipinski definition) is 2. The van der Waals surface area contributed by atoms with Crippen LogP contribution in [0.3, 0.4) is 0 Å². The van der Waals surface area contributed by atoms with Gasteiger partial charge < -0.3 is 4.74 Å². The number of benzene rings is 9. The van der Waals surface area contributed by atoms with Crippen LogP contribution in [0.1, 0.15) is 0 Å². The number of methoxy groups -OCH3 is 1. The molecule has 1 aromatic heterocycles.